The van der Waals surface area contributed by atoms with Gasteiger partial charge >= 0.3 is 0 Å². The highest BCUT2D eigenvalue weighted by Gasteiger charge is 2.23. The summed E-state index contributed by atoms with van der Waals surface area (Å²) in [6.45, 7) is 6.00. The second-order valence-corrected chi connectivity index (χ2v) is 8.16. The van der Waals surface area contributed by atoms with Gasteiger partial charge in [0, 0.05) is 22.9 Å². The highest BCUT2D eigenvalue weighted by molar-refractivity contribution is 5.94. The predicted molar refractivity (Wildman–Crippen MR) is 118 cm³/mol. The molecule has 1 aliphatic heterocycles. The largest absolute Gasteiger partial charge is 0.367 e. The molecule has 0 spiro atoms. The third kappa shape index (κ3) is 4.71. The van der Waals surface area contributed by atoms with Gasteiger partial charge in [-0.2, -0.15) is 0 Å². The number of piperidine rings is 1. The number of nitrogens with one attached hydrogen (secondary N) is 2. The van der Waals surface area contributed by atoms with E-state index in [4.69, 9.17) is 0 Å². The molecule has 1 aromatic carbocycles. The van der Waals surface area contributed by atoms with Crippen molar-refractivity contribution in [1.29, 1.82) is 0 Å². The molecule has 0 saturated carbocycles. The molecule has 0 atom stereocenters. The first kappa shape index (κ1) is 20.2. The van der Waals surface area contributed by atoms with Crippen LogP contribution in [0.1, 0.15) is 26.7 Å². The lowest BCUT2D eigenvalue weighted by Crippen LogP contribution is -2.36. The summed E-state index contributed by atoms with van der Waals surface area (Å²) in [7, 11) is 2.08. The summed E-state index contributed by atoms with van der Waals surface area (Å²) in [6.07, 6.45) is 5.19. The SMILES string of the molecule is CC(C)Nc1cncc(-c2ccc3nnc(NC(=O)C4CCN(C)CC4)cc3c2)n1. The monoisotopic (exact) mass is 405 g/mol. The molecule has 156 valence electrons. The molecule has 30 heavy (non-hydrogen) atoms. The zero-order valence-corrected chi connectivity index (χ0v) is 17.6. The number of amides is 1. The number of rotatable bonds is 5. The zero-order valence-electron chi connectivity index (χ0n) is 17.6. The Morgan fingerprint density at radius 3 is 2.67 bits per heavy atom. The van der Waals surface area contributed by atoms with Crippen LogP contribution in [0.5, 0.6) is 0 Å². The van der Waals surface area contributed by atoms with Crippen LogP contribution in [0.15, 0.2) is 36.7 Å². The van der Waals surface area contributed by atoms with Crippen molar-refractivity contribution >= 4 is 28.4 Å². The number of anilines is 2. The molecule has 1 saturated heterocycles. The zero-order chi connectivity index (χ0) is 21.1. The molecule has 2 aromatic heterocycles. The first-order valence-corrected chi connectivity index (χ1v) is 10.3. The number of likely N-dealkylation sites (tertiary alicyclic amines) is 1. The third-order valence-electron chi connectivity index (χ3n) is 5.29. The Labute approximate surface area is 176 Å². The maximum absolute atomic E-state index is 12.6. The predicted octanol–water partition coefficient (Wildman–Crippen LogP) is 3.19. The maximum Gasteiger partial charge on any atom is 0.228 e. The van der Waals surface area contributed by atoms with Gasteiger partial charge in [0.05, 0.1) is 23.6 Å². The van der Waals surface area contributed by atoms with Gasteiger partial charge in [0.25, 0.3) is 0 Å². The molecule has 0 aliphatic carbocycles. The van der Waals surface area contributed by atoms with E-state index in [1.807, 2.05) is 24.3 Å². The van der Waals surface area contributed by atoms with Crippen molar-refractivity contribution in [3.05, 3.63) is 36.7 Å². The maximum atomic E-state index is 12.6. The summed E-state index contributed by atoms with van der Waals surface area (Å²) in [4.78, 5) is 23.8. The standard InChI is InChI=1S/C22H27N7O/c1-14(2)24-21-13-23-12-19(25-21)16-4-5-18-17(10-16)11-20(28-27-18)26-22(30)15-6-8-29(3)9-7-15/h4-5,10-15H,6-9H2,1-3H3,(H,24,25)(H,26,28,30). The van der Waals surface area contributed by atoms with Gasteiger partial charge in [0.1, 0.15) is 5.82 Å². The van der Waals surface area contributed by atoms with E-state index in [1.54, 1.807) is 12.4 Å². The molecule has 3 heterocycles. The topological polar surface area (TPSA) is 95.9 Å². The average molecular weight is 406 g/mol. The molecular formula is C22H27N7O. The Kier molecular flexibility index (Phi) is 5.85. The van der Waals surface area contributed by atoms with Gasteiger partial charge < -0.3 is 15.5 Å². The van der Waals surface area contributed by atoms with Crippen molar-refractivity contribution in [2.75, 3.05) is 30.8 Å². The fourth-order valence-electron chi connectivity index (χ4n) is 3.63. The number of carbonyl (C=O) groups excluding carboxylic acids is 1. The summed E-state index contributed by atoms with van der Waals surface area (Å²) in [5, 5.41) is 15.5. The summed E-state index contributed by atoms with van der Waals surface area (Å²) in [5.41, 5.74) is 2.47. The molecule has 8 nitrogen and oxygen atoms in total. The van der Waals surface area contributed by atoms with Gasteiger partial charge in [0.2, 0.25) is 5.91 Å². The first-order chi connectivity index (χ1) is 14.5. The number of fused-ring (bicyclic) bond motifs is 1. The number of hydrogen-bond donors (Lipinski definition) is 2. The van der Waals surface area contributed by atoms with Gasteiger partial charge in [-0.1, -0.05) is 6.07 Å². The minimum atomic E-state index is 0.0197. The van der Waals surface area contributed by atoms with Gasteiger partial charge in [0.15, 0.2) is 5.82 Å². The van der Waals surface area contributed by atoms with Crippen molar-refractivity contribution < 1.29 is 4.79 Å². The summed E-state index contributed by atoms with van der Waals surface area (Å²) < 4.78 is 0. The molecule has 1 fully saturated rings. The second kappa shape index (κ2) is 8.71. The summed E-state index contributed by atoms with van der Waals surface area (Å²) in [6, 6.07) is 8.00. The number of benzene rings is 1. The van der Waals surface area contributed by atoms with E-state index in [-0.39, 0.29) is 17.9 Å². The van der Waals surface area contributed by atoms with Crippen LogP contribution < -0.4 is 10.6 Å². The van der Waals surface area contributed by atoms with Gasteiger partial charge in [-0.15, -0.1) is 10.2 Å². The Hall–Kier alpha value is -3.13. The third-order valence-corrected chi connectivity index (χ3v) is 5.29. The molecule has 0 radical (unpaired) electrons. The quantitative estimate of drug-likeness (QED) is 0.673. The molecule has 3 aromatic rings. The van der Waals surface area contributed by atoms with Crippen LogP contribution in [-0.4, -0.2) is 57.2 Å². The van der Waals surface area contributed by atoms with Crippen molar-refractivity contribution in [3.8, 4) is 11.3 Å². The lowest BCUT2D eigenvalue weighted by atomic mass is 9.96. The lowest BCUT2D eigenvalue weighted by molar-refractivity contribution is -0.121. The van der Waals surface area contributed by atoms with E-state index in [2.05, 4.69) is 56.6 Å². The number of hydrogen-bond acceptors (Lipinski definition) is 7. The Balaban J connectivity index is 1.55. The average Bonchev–Trinajstić information content (AvgIpc) is 2.73. The molecule has 4 rings (SSSR count). The number of nitrogens with zero attached hydrogens (tertiary/aromatic N) is 5. The molecule has 8 heteroatoms. The fourth-order valence-corrected chi connectivity index (χ4v) is 3.63. The van der Waals surface area contributed by atoms with E-state index in [1.165, 1.54) is 0 Å². The minimum Gasteiger partial charge on any atom is -0.367 e. The van der Waals surface area contributed by atoms with E-state index >= 15 is 0 Å². The van der Waals surface area contributed by atoms with Crippen molar-refractivity contribution in [2.24, 2.45) is 5.92 Å². The van der Waals surface area contributed by atoms with Crippen LogP contribution in [0.25, 0.3) is 22.2 Å². The number of aromatic nitrogens is 4. The van der Waals surface area contributed by atoms with Gasteiger partial charge in [-0.05, 0) is 65.0 Å². The molecular weight excluding hydrogens is 378 g/mol. The van der Waals surface area contributed by atoms with Crippen LogP contribution >= 0.6 is 0 Å². The smallest absolute Gasteiger partial charge is 0.228 e. The fraction of sp³-hybridized carbons (Fsp3) is 0.409. The van der Waals surface area contributed by atoms with Crippen molar-refractivity contribution in [3.63, 3.8) is 0 Å². The Morgan fingerprint density at radius 2 is 1.90 bits per heavy atom. The first-order valence-electron chi connectivity index (χ1n) is 10.3. The van der Waals surface area contributed by atoms with Crippen LogP contribution in [0.3, 0.4) is 0 Å². The van der Waals surface area contributed by atoms with E-state index in [0.29, 0.717) is 5.82 Å². The van der Waals surface area contributed by atoms with E-state index in [9.17, 15) is 4.79 Å². The molecule has 2 N–H and O–H groups in total. The van der Waals surface area contributed by atoms with Crippen molar-refractivity contribution in [2.45, 2.75) is 32.7 Å². The summed E-state index contributed by atoms with van der Waals surface area (Å²) >= 11 is 0. The van der Waals surface area contributed by atoms with Crippen LogP contribution in [0.4, 0.5) is 11.6 Å². The minimum absolute atomic E-state index is 0.0197. The highest BCUT2D eigenvalue weighted by Crippen LogP contribution is 2.24. The van der Waals surface area contributed by atoms with E-state index < -0.39 is 0 Å². The van der Waals surface area contributed by atoms with Crippen LogP contribution in [-0.2, 0) is 4.79 Å². The Bertz CT molecular complexity index is 1040. The Morgan fingerprint density at radius 1 is 1.10 bits per heavy atom. The van der Waals surface area contributed by atoms with Gasteiger partial charge in [-0.25, -0.2) is 4.98 Å². The number of carbonyl (C=O) groups is 1. The summed E-state index contributed by atoms with van der Waals surface area (Å²) in [5.74, 6) is 1.26. The van der Waals surface area contributed by atoms with E-state index in [0.717, 1.165) is 53.9 Å². The molecule has 0 unspecified atom stereocenters. The second-order valence-electron chi connectivity index (χ2n) is 8.16. The van der Waals surface area contributed by atoms with Crippen LogP contribution in [0.2, 0.25) is 0 Å². The lowest BCUT2D eigenvalue weighted by Gasteiger charge is -2.27. The van der Waals surface area contributed by atoms with Gasteiger partial charge in [-0.3, -0.25) is 9.78 Å². The molecule has 0 bridgehead atoms. The molecule has 1 amide bonds. The molecule has 1 aliphatic rings. The van der Waals surface area contributed by atoms with Crippen molar-refractivity contribution in [1.82, 2.24) is 25.1 Å². The highest BCUT2D eigenvalue weighted by atomic mass is 16.2. The van der Waals surface area contributed by atoms with Crippen LogP contribution in [0, 0.1) is 5.92 Å². The normalized spacial score (nSPS) is 15.5.